The maximum atomic E-state index is 12.6. The molecule has 2 atom stereocenters. The lowest BCUT2D eigenvalue weighted by molar-refractivity contribution is -0.142. The van der Waals surface area contributed by atoms with Crippen LogP contribution in [0.25, 0.3) is 0 Å². The van der Waals surface area contributed by atoms with E-state index in [2.05, 4.69) is 21.1 Å². The Labute approximate surface area is 195 Å². The van der Waals surface area contributed by atoms with Crippen LogP contribution in [0, 0.1) is 11.8 Å². The Kier molecular flexibility index (Phi) is 8.01. The number of methoxy groups -OCH3 is 2. The molecular formula is C24H22N4O6. The predicted molar refractivity (Wildman–Crippen MR) is 124 cm³/mol. The SMILES string of the molecule is COC(=O)C1C=CC=C/C1=N\NC(=O)c1cccc(C(=O)N/N=C2\C=CC=CC2C(=O)OC)c1. The molecule has 0 saturated carbocycles. The summed E-state index contributed by atoms with van der Waals surface area (Å²) in [4.78, 5) is 48.9. The van der Waals surface area contributed by atoms with Gasteiger partial charge in [-0.05, 0) is 30.4 Å². The molecule has 0 fully saturated rings. The first-order valence-electron chi connectivity index (χ1n) is 10.2. The van der Waals surface area contributed by atoms with Crippen molar-refractivity contribution in [1.82, 2.24) is 10.9 Å². The Balaban J connectivity index is 1.69. The number of ether oxygens (including phenoxy) is 2. The zero-order valence-electron chi connectivity index (χ0n) is 18.4. The maximum absolute atomic E-state index is 12.6. The van der Waals surface area contributed by atoms with E-state index in [4.69, 9.17) is 9.47 Å². The molecule has 0 aliphatic heterocycles. The number of amides is 2. The van der Waals surface area contributed by atoms with Crippen LogP contribution in [0.2, 0.25) is 0 Å². The lowest BCUT2D eigenvalue weighted by Gasteiger charge is -2.13. The molecule has 0 heterocycles. The number of hydrogen-bond donors (Lipinski definition) is 2. The van der Waals surface area contributed by atoms with E-state index in [1.165, 1.54) is 38.5 Å². The van der Waals surface area contributed by atoms with Crippen molar-refractivity contribution in [2.75, 3.05) is 14.2 Å². The molecule has 2 aliphatic carbocycles. The smallest absolute Gasteiger partial charge is 0.318 e. The highest BCUT2D eigenvalue weighted by atomic mass is 16.5. The molecule has 34 heavy (non-hydrogen) atoms. The Morgan fingerprint density at radius 3 is 1.59 bits per heavy atom. The monoisotopic (exact) mass is 462 g/mol. The van der Waals surface area contributed by atoms with E-state index in [9.17, 15) is 19.2 Å². The van der Waals surface area contributed by atoms with E-state index in [-0.39, 0.29) is 11.1 Å². The normalized spacial score (nSPS) is 20.8. The van der Waals surface area contributed by atoms with E-state index in [0.29, 0.717) is 11.4 Å². The van der Waals surface area contributed by atoms with Crippen LogP contribution < -0.4 is 10.9 Å². The van der Waals surface area contributed by atoms with E-state index in [1.54, 1.807) is 48.6 Å². The van der Waals surface area contributed by atoms with Crippen molar-refractivity contribution in [3.8, 4) is 0 Å². The molecule has 2 aliphatic rings. The highest BCUT2D eigenvalue weighted by molar-refractivity contribution is 6.12. The molecule has 174 valence electrons. The highest BCUT2D eigenvalue weighted by Gasteiger charge is 2.24. The quantitative estimate of drug-likeness (QED) is 0.488. The average Bonchev–Trinajstić information content (AvgIpc) is 2.89. The van der Waals surface area contributed by atoms with Gasteiger partial charge in [-0.25, -0.2) is 10.9 Å². The summed E-state index contributed by atoms with van der Waals surface area (Å²) in [5.41, 5.74) is 5.71. The second kappa shape index (κ2) is 11.3. The summed E-state index contributed by atoms with van der Waals surface area (Å²) in [6.45, 7) is 0. The molecule has 1 aromatic carbocycles. The number of allylic oxidation sites excluding steroid dienone is 6. The summed E-state index contributed by atoms with van der Waals surface area (Å²) in [6.07, 6.45) is 13.1. The summed E-state index contributed by atoms with van der Waals surface area (Å²) in [5, 5.41) is 8.03. The Bertz CT molecular complexity index is 1090. The second-order valence-corrected chi connectivity index (χ2v) is 7.03. The van der Waals surface area contributed by atoms with Crippen molar-refractivity contribution in [1.29, 1.82) is 0 Å². The van der Waals surface area contributed by atoms with Gasteiger partial charge < -0.3 is 9.47 Å². The molecular weight excluding hydrogens is 440 g/mol. The number of carbonyl (C=O) groups excluding carboxylic acids is 4. The zero-order valence-corrected chi connectivity index (χ0v) is 18.4. The van der Waals surface area contributed by atoms with Crippen LogP contribution in [-0.2, 0) is 19.1 Å². The van der Waals surface area contributed by atoms with E-state index >= 15 is 0 Å². The highest BCUT2D eigenvalue weighted by Crippen LogP contribution is 2.13. The molecule has 2 N–H and O–H groups in total. The summed E-state index contributed by atoms with van der Waals surface area (Å²) in [6, 6.07) is 5.92. The van der Waals surface area contributed by atoms with Gasteiger partial charge in [-0.3, -0.25) is 19.2 Å². The number of nitrogens with zero attached hydrogens (tertiary/aromatic N) is 2. The van der Waals surface area contributed by atoms with Crippen molar-refractivity contribution in [3.05, 3.63) is 84.0 Å². The minimum absolute atomic E-state index is 0.169. The van der Waals surface area contributed by atoms with Gasteiger partial charge in [0.1, 0.15) is 11.8 Å². The fourth-order valence-corrected chi connectivity index (χ4v) is 3.09. The minimum Gasteiger partial charge on any atom is -0.468 e. The van der Waals surface area contributed by atoms with Gasteiger partial charge in [0, 0.05) is 11.1 Å². The second-order valence-electron chi connectivity index (χ2n) is 7.03. The molecule has 2 unspecified atom stereocenters. The topological polar surface area (TPSA) is 136 Å². The number of hydrogen-bond acceptors (Lipinski definition) is 8. The van der Waals surface area contributed by atoms with Crippen molar-refractivity contribution >= 4 is 35.2 Å². The van der Waals surface area contributed by atoms with Gasteiger partial charge in [0.25, 0.3) is 11.8 Å². The van der Waals surface area contributed by atoms with E-state index in [0.717, 1.165) is 0 Å². The Morgan fingerprint density at radius 1 is 0.735 bits per heavy atom. The number of benzene rings is 1. The number of esters is 2. The standard InChI is InChI=1S/C24H22N4O6/c1-33-23(31)17-10-3-5-12-19(17)25-27-21(29)15-8-7-9-16(14-15)22(30)28-26-20-13-6-4-11-18(20)24(32)34-2/h3-14,17-18H,1-2H3,(H,27,29)(H,28,30)/b25-19+,26-20+. The van der Waals surface area contributed by atoms with Crippen molar-refractivity contribution in [2.24, 2.45) is 22.0 Å². The first kappa shape index (κ1) is 24.1. The maximum Gasteiger partial charge on any atom is 0.318 e. The Hall–Kier alpha value is -4.60. The first-order valence-corrected chi connectivity index (χ1v) is 10.2. The minimum atomic E-state index is -0.732. The molecule has 2 amide bonds. The number of carbonyl (C=O) groups is 4. The van der Waals surface area contributed by atoms with Crippen LogP contribution in [0.5, 0.6) is 0 Å². The van der Waals surface area contributed by atoms with Crippen LogP contribution in [0.15, 0.2) is 83.1 Å². The molecule has 1 aromatic rings. The number of nitrogens with one attached hydrogen (secondary N) is 2. The van der Waals surface area contributed by atoms with Crippen LogP contribution >= 0.6 is 0 Å². The van der Waals surface area contributed by atoms with Gasteiger partial charge in [-0.2, -0.15) is 10.2 Å². The van der Waals surface area contributed by atoms with Gasteiger partial charge >= 0.3 is 11.9 Å². The molecule has 0 spiro atoms. The third-order valence-electron chi connectivity index (χ3n) is 4.87. The van der Waals surface area contributed by atoms with Gasteiger partial charge in [0.15, 0.2) is 0 Å². The molecule has 0 saturated heterocycles. The summed E-state index contributed by atoms with van der Waals surface area (Å²) in [5.74, 6) is -3.64. The van der Waals surface area contributed by atoms with Crippen molar-refractivity contribution in [2.45, 2.75) is 0 Å². The van der Waals surface area contributed by atoms with Gasteiger partial charge in [0.05, 0.1) is 25.6 Å². The van der Waals surface area contributed by atoms with Gasteiger partial charge in [0.2, 0.25) is 0 Å². The van der Waals surface area contributed by atoms with Crippen LogP contribution in [0.1, 0.15) is 20.7 Å². The molecule has 3 rings (SSSR count). The predicted octanol–water partition coefficient (Wildman–Crippen LogP) is 1.69. The fourth-order valence-electron chi connectivity index (χ4n) is 3.09. The van der Waals surface area contributed by atoms with Crippen molar-refractivity contribution < 1.29 is 28.7 Å². The van der Waals surface area contributed by atoms with Crippen LogP contribution in [-0.4, -0.2) is 49.4 Å². The molecule has 10 heteroatoms. The lowest BCUT2D eigenvalue weighted by Crippen LogP contribution is -2.28. The summed E-state index contributed by atoms with van der Waals surface area (Å²) < 4.78 is 9.48. The largest absolute Gasteiger partial charge is 0.468 e. The zero-order chi connectivity index (χ0) is 24.5. The molecule has 0 radical (unpaired) electrons. The van der Waals surface area contributed by atoms with Gasteiger partial charge in [-0.15, -0.1) is 0 Å². The third-order valence-corrected chi connectivity index (χ3v) is 4.87. The third kappa shape index (κ3) is 5.80. The Morgan fingerprint density at radius 2 is 1.18 bits per heavy atom. The van der Waals surface area contributed by atoms with Gasteiger partial charge in [-0.1, -0.05) is 42.5 Å². The van der Waals surface area contributed by atoms with Crippen LogP contribution in [0.4, 0.5) is 0 Å². The summed E-state index contributed by atoms with van der Waals surface area (Å²) >= 11 is 0. The first-order chi connectivity index (χ1) is 16.4. The fraction of sp³-hybridized carbons (Fsp3) is 0.167. The molecule has 10 nitrogen and oxygen atoms in total. The summed E-state index contributed by atoms with van der Waals surface area (Å²) in [7, 11) is 2.53. The lowest BCUT2D eigenvalue weighted by atomic mass is 9.99. The van der Waals surface area contributed by atoms with Crippen molar-refractivity contribution in [3.63, 3.8) is 0 Å². The number of hydrazone groups is 2. The average molecular weight is 462 g/mol. The molecule has 0 aromatic heterocycles. The van der Waals surface area contributed by atoms with E-state index in [1.807, 2.05) is 0 Å². The van der Waals surface area contributed by atoms with Crippen LogP contribution in [0.3, 0.4) is 0 Å². The van der Waals surface area contributed by atoms with E-state index < -0.39 is 35.6 Å². The molecule has 0 bridgehead atoms. The number of rotatable bonds is 6.